The molecule has 0 saturated carbocycles. The van der Waals surface area contributed by atoms with Gasteiger partial charge in [-0.2, -0.15) is 0 Å². The minimum absolute atomic E-state index is 0.168. The molecule has 0 aliphatic heterocycles. The lowest BCUT2D eigenvalue weighted by atomic mass is 9.95. The van der Waals surface area contributed by atoms with E-state index < -0.39 is 44.9 Å². The maximum Gasteiger partial charge on any atom is 0.307 e. The third-order valence-corrected chi connectivity index (χ3v) is 7.35. The lowest BCUT2D eigenvalue weighted by Crippen LogP contribution is -2.29. The zero-order valence-corrected chi connectivity index (χ0v) is 20.3. The lowest BCUT2D eigenvalue weighted by molar-refractivity contribution is -0.384. The molecule has 0 fully saturated rings. The van der Waals surface area contributed by atoms with Crippen LogP contribution < -0.4 is 10.0 Å². The van der Waals surface area contributed by atoms with Gasteiger partial charge in [-0.1, -0.05) is 0 Å². The Balaban J connectivity index is 1.93. The van der Waals surface area contributed by atoms with Crippen molar-refractivity contribution in [2.45, 2.75) is 45.9 Å². The second-order valence-corrected chi connectivity index (χ2v) is 9.43. The fraction of sp³-hybridized carbons (Fsp3) is 0.364. The van der Waals surface area contributed by atoms with Crippen molar-refractivity contribution < 1.29 is 32.1 Å². The number of nitro benzene ring substituents is 1. The number of halogens is 1. The predicted octanol–water partition coefficient (Wildman–Crippen LogP) is 3.13. The Hall–Kier alpha value is -3.38. The van der Waals surface area contributed by atoms with E-state index in [9.17, 15) is 32.5 Å². The monoisotopic (exact) mass is 495 g/mol. The first-order valence-electron chi connectivity index (χ1n) is 10.2. The highest BCUT2D eigenvalue weighted by molar-refractivity contribution is 7.89. The highest BCUT2D eigenvalue weighted by atomic mass is 32.2. The molecule has 0 aromatic heterocycles. The van der Waals surface area contributed by atoms with E-state index in [0.717, 1.165) is 28.8 Å². The van der Waals surface area contributed by atoms with Crippen LogP contribution in [0.25, 0.3) is 0 Å². The molecule has 0 radical (unpaired) electrons. The average Bonchev–Trinajstić information content (AvgIpc) is 2.75. The van der Waals surface area contributed by atoms with Crippen molar-refractivity contribution in [3.8, 4) is 0 Å². The smallest absolute Gasteiger partial charge is 0.307 e. The van der Waals surface area contributed by atoms with Gasteiger partial charge >= 0.3 is 5.97 Å². The highest BCUT2D eigenvalue weighted by Crippen LogP contribution is 2.29. The van der Waals surface area contributed by atoms with E-state index in [0.29, 0.717) is 17.2 Å². The van der Waals surface area contributed by atoms with Gasteiger partial charge in [0, 0.05) is 6.54 Å². The van der Waals surface area contributed by atoms with E-state index >= 15 is 0 Å². The fourth-order valence-electron chi connectivity index (χ4n) is 3.39. The molecular formula is C22H26FN3O7S. The number of benzene rings is 2. The summed E-state index contributed by atoms with van der Waals surface area (Å²) in [6.07, 6.45) is -0.342. The maximum absolute atomic E-state index is 13.2. The Bertz CT molecular complexity index is 1230. The Labute approximate surface area is 196 Å². The third kappa shape index (κ3) is 6.14. The minimum atomic E-state index is -3.90. The molecule has 2 rings (SSSR count). The summed E-state index contributed by atoms with van der Waals surface area (Å²) in [4.78, 5) is 34.1. The van der Waals surface area contributed by atoms with Crippen molar-refractivity contribution in [2.24, 2.45) is 0 Å². The molecule has 0 saturated heterocycles. The molecule has 0 unspecified atom stereocenters. The normalized spacial score (nSPS) is 11.2. The van der Waals surface area contributed by atoms with Gasteiger partial charge in [0.25, 0.3) is 11.6 Å². The summed E-state index contributed by atoms with van der Waals surface area (Å²) in [5.41, 5.74) is 3.10. The molecule has 0 heterocycles. The van der Waals surface area contributed by atoms with Gasteiger partial charge in [-0.3, -0.25) is 19.7 Å². The molecule has 2 aromatic carbocycles. The number of ether oxygens (including phenoxy) is 1. The third-order valence-electron chi connectivity index (χ3n) is 5.62. The highest BCUT2D eigenvalue weighted by Gasteiger charge is 2.24. The van der Waals surface area contributed by atoms with E-state index in [2.05, 4.69) is 10.0 Å². The molecule has 0 aliphatic rings. The summed E-state index contributed by atoms with van der Waals surface area (Å²) in [6.45, 7) is 8.06. The van der Waals surface area contributed by atoms with E-state index in [1.807, 2.05) is 20.8 Å². The molecule has 12 heteroatoms. The van der Waals surface area contributed by atoms with Crippen molar-refractivity contribution in [1.29, 1.82) is 0 Å². The minimum Gasteiger partial charge on any atom is -0.456 e. The number of nitrogens with zero attached hydrogens (tertiary/aromatic N) is 1. The molecule has 0 spiro atoms. The van der Waals surface area contributed by atoms with Crippen LogP contribution in [0, 0.1) is 50.6 Å². The average molecular weight is 496 g/mol. The molecule has 0 bridgehead atoms. The fourth-order valence-corrected chi connectivity index (χ4v) is 5.02. The van der Waals surface area contributed by atoms with Crippen LogP contribution in [0.2, 0.25) is 0 Å². The van der Waals surface area contributed by atoms with Crippen LogP contribution in [0.1, 0.15) is 34.2 Å². The topological polar surface area (TPSA) is 145 Å². The lowest BCUT2D eigenvalue weighted by Gasteiger charge is -2.19. The zero-order chi connectivity index (χ0) is 25.8. The number of amides is 1. The number of hydrogen-bond acceptors (Lipinski definition) is 7. The van der Waals surface area contributed by atoms with Gasteiger partial charge in [0.2, 0.25) is 10.0 Å². The number of nitrogens with one attached hydrogen (secondary N) is 2. The molecule has 1 amide bonds. The second-order valence-electron chi connectivity index (χ2n) is 7.73. The van der Waals surface area contributed by atoms with Crippen LogP contribution in [-0.4, -0.2) is 38.4 Å². The molecule has 2 aromatic rings. The summed E-state index contributed by atoms with van der Waals surface area (Å²) in [6, 6.07) is 2.59. The first kappa shape index (κ1) is 26.9. The molecule has 10 nitrogen and oxygen atoms in total. The summed E-state index contributed by atoms with van der Waals surface area (Å²) < 4.78 is 46.0. The molecule has 0 aliphatic carbocycles. The molecule has 34 heavy (non-hydrogen) atoms. The first-order valence-corrected chi connectivity index (χ1v) is 11.7. The quantitative estimate of drug-likeness (QED) is 0.309. The SMILES string of the molecule is Cc1c(C)c(C)c(S(=O)(=O)NCCC(=O)OCC(=O)Nc2ccc(F)cc2[N+](=O)[O-])c(C)c1C. The predicted molar refractivity (Wildman–Crippen MR) is 123 cm³/mol. The first-order chi connectivity index (χ1) is 15.8. The molecule has 0 atom stereocenters. The van der Waals surface area contributed by atoms with E-state index in [1.54, 1.807) is 13.8 Å². The molecular weight excluding hydrogens is 469 g/mol. The van der Waals surface area contributed by atoms with E-state index in [1.165, 1.54) is 0 Å². The summed E-state index contributed by atoms with van der Waals surface area (Å²) in [5, 5.41) is 13.1. The summed E-state index contributed by atoms with van der Waals surface area (Å²) in [5.74, 6) is -2.57. The number of hydrogen-bond donors (Lipinski definition) is 2. The number of carbonyl (C=O) groups excluding carboxylic acids is 2. The summed E-state index contributed by atoms with van der Waals surface area (Å²) in [7, 11) is -3.90. The van der Waals surface area contributed by atoms with Crippen molar-refractivity contribution in [2.75, 3.05) is 18.5 Å². The Morgan fingerprint density at radius 2 is 1.59 bits per heavy atom. The van der Waals surface area contributed by atoms with Crippen LogP contribution in [0.5, 0.6) is 0 Å². The largest absolute Gasteiger partial charge is 0.456 e. The summed E-state index contributed by atoms with van der Waals surface area (Å²) >= 11 is 0. The van der Waals surface area contributed by atoms with Gasteiger partial charge < -0.3 is 10.1 Å². The van der Waals surface area contributed by atoms with E-state index in [-0.39, 0.29) is 23.5 Å². The van der Waals surface area contributed by atoms with Crippen LogP contribution in [0.3, 0.4) is 0 Å². The molecule has 2 N–H and O–H groups in total. The Morgan fingerprint density at radius 1 is 1.03 bits per heavy atom. The number of anilines is 1. The number of nitro groups is 1. The number of sulfonamides is 1. The zero-order valence-electron chi connectivity index (χ0n) is 19.4. The van der Waals surface area contributed by atoms with Gasteiger partial charge in [0.15, 0.2) is 6.61 Å². The van der Waals surface area contributed by atoms with Crippen LogP contribution in [0.4, 0.5) is 15.8 Å². The van der Waals surface area contributed by atoms with Gasteiger partial charge in [0.05, 0.1) is 22.3 Å². The van der Waals surface area contributed by atoms with Gasteiger partial charge in [-0.15, -0.1) is 0 Å². The Morgan fingerprint density at radius 3 is 2.15 bits per heavy atom. The van der Waals surface area contributed by atoms with Gasteiger partial charge in [-0.05, 0) is 74.6 Å². The number of esters is 1. The van der Waals surface area contributed by atoms with Crippen LogP contribution in [0.15, 0.2) is 23.1 Å². The van der Waals surface area contributed by atoms with Crippen LogP contribution >= 0.6 is 0 Å². The van der Waals surface area contributed by atoms with Crippen molar-refractivity contribution >= 4 is 33.3 Å². The number of rotatable bonds is 9. The van der Waals surface area contributed by atoms with Crippen LogP contribution in [-0.2, 0) is 24.3 Å². The maximum atomic E-state index is 13.2. The van der Waals surface area contributed by atoms with Gasteiger partial charge in [-0.25, -0.2) is 17.5 Å². The Kier molecular flexibility index (Phi) is 8.46. The number of carbonyl (C=O) groups is 2. The standard InChI is InChI=1S/C22H26FN3O7S/c1-12-13(2)15(4)22(16(5)14(12)3)34(31,32)24-9-8-21(28)33-11-20(27)25-18-7-6-17(23)10-19(18)26(29)30/h6-7,10,24H,8-9,11H2,1-5H3,(H,25,27). The van der Waals surface area contributed by atoms with Crippen molar-refractivity contribution in [3.05, 3.63) is 61.9 Å². The molecule has 184 valence electrons. The van der Waals surface area contributed by atoms with Crippen molar-refractivity contribution in [3.63, 3.8) is 0 Å². The second kappa shape index (κ2) is 10.7. The van der Waals surface area contributed by atoms with E-state index in [4.69, 9.17) is 4.74 Å². The van der Waals surface area contributed by atoms with Crippen molar-refractivity contribution in [1.82, 2.24) is 4.72 Å². The van der Waals surface area contributed by atoms with Gasteiger partial charge in [0.1, 0.15) is 11.5 Å².